The monoisotopic (exact) mass is 236 g/mol. The lowest BCUT2D eigenvalue weighted by molar-refractivity contribution is 1.00. The Labute approximate surface area is 110 Å². The standard InChI is InChI=1S/C11H14.3C2H6/c1-3-4-8-11-9-6-5-7-10(11)2;3*1-2/h3-4,7-9H,1,5-6H2,2H3;3*1-2H3/b8-4-;;;. The van der Waals surface area contributed by atoms with Crippen LogP contribution in [0.3, 0.4) is 0 Å². The SMILES string of the molecule is C=C/C=C\C1=CCCC=C1C.CC.CC.CC. The lowest BCUT2D eigenvalue weighted by Crippen LogP contribution is -1.87. The first-order valence-corrected chi connectivity index (χ1v) is 7.01. The summed E-state index contributed by atoms with van der Waals surface area (Å²) in [6.45, 7) is 17.8. The molecular weight excluding hydrogens is 204 g/mol. The highest BCUT2D eigenvalue weighted by Gasteiger charge is 1.98. The van der Waals surface area contributed by atoms with Crippen molar-refractivity contribution in [3.8, 4) is 0 Å². The van der Waals surface area contributed by atoms with Crippen LogP contribution >= 0.6 is 0 Å². The Hall–Kier alpha value is -1.04. The molecule has 0 aromatic heterocycles. The Morgan fingerprint density at radius 2 is 1.41 bits per heavy atom. The van der Waals surface area contributed by atoms with E-state index >= 15 is 0 Å². The van der Waals surface area contributed by atoms with Crippen molar-refractivity contribution < 1.29 is 0 Å². The van der Waals surface area contributed by atoms with E-state index in [4.69, 9.17) is 0 Å². The molecule has 1 rings (SSSR count). The fourth-order valence-electron chi connectivity index (χ4n) is 1.19. The van der Waals surface area contributed by atoms with E-state index in [-0.39, 0.29) is 0 Å². The predicted octanol–water partition coefficient (Wildman–Crippen LogP) is 6.47. The largest absolute Gasteiger partial charge is 0.0991 e. The maximum Gasteiger partial charge on any atom is -0.0270 e. The number of hydrogen-bond donors (Lipinski definition) is 0. The third-order valence-electron chi connectivity index (χ3n) is 1.85. The molecule has 1 aliphatic rings. The van der Waals surface area contributed by atoms with E-state index < -0.39 is 0 Å². The summed E-state index contributed by atoms with van der Waals surface area (Å²) in [5, 5.41) is 0. The molecule has 0 spiro atoms. The van der Waals surface area contributed by atoms with Gasteiger partial charge in [0.1, 0.15) is 0 Å². The second-order valence-corrected chi connectivity index (χ2v) is 2.72. The van der Waals surface area contributed by atoms with Crippen LogP contribution in [0.4, 0.5) is 0 Å². The highest BCUT2D eigenvalue weighted by molar-refractivity contribution is 5.41. The van der Waals surface area contributed by atoms with Gasteiger partial charge in [-0.05, 0) is 30.9 Å². The van der Waals surface area contributed by atoms with E-state index in [0.717, 1.165) is 0 Å². The van der Waals surface area contributed by atoms with Crippen molar-refractivity contribution in [3.05, 3.63) is 48.1 Å². The molecule has 0 nitrogen and oxygen atoms in total. The highest BCUT2D eigenvalue weighted by Crippen LogP contribution is 2.18. The van der Waals surface area contributed by atoms with Crippen LogP contribution in [0, 0.1) is 0 Å². The van der Waals surface area contributed by atoms with Gasteiger partial charge < -0.3 is 0 Å². The Morgan fingerprint density at radius 1 is 0.941 bits per heavy atom. The van der Waals surface area contributed by atoms with Crippen LogP contribution in [0.2, 0.25) is 0 Å². The quantitative estimate of drug-likeness (QED) is 0.482. The summed E-state index contributed by atoms with van der Waals surface area (Å²) in [6.07, 6.45) is 12.8. The van der Waals surface area contributed by atoms with E-state index in [0.29, 0.717) is 0 Å². The van der Waals surface area contributed by atoms with Gasteiger partial charge in [-0.15, -0.1) is 0 Å². The summed E-state index contributed by atoms with van der Waals surface area (Å²) < 4.78 is 0. The van der Waals surface area contributed by atoms with Gasteiger partial charge in [0, 0.05) is 0 Å². The van der Waals surface area contributed by atoms with Crippen LogP contribution in [0.1, 0.15) is 61.3 Å². The van der Waals surface area contributed by atoms with Crippen LogP contribution in [0.25, 0.3) is 0 Å². The summed E-state index contributed by atoms with van der Waals surface area (Å²) >= 11 is 0. The second kappa shape index (κ2) is 20.4. The zero-order valence-electron chi connectivity index (χ0n) is 13.0. The zero-order chi connectivity index (χ0) is 14.1. The Balaban J connectivity index is -0.000000285. The molecule has 0 aromatic carbocycles. The lowest BCUT2D eigenvalue weighted by Gasteiger charge is -2.07. The van der Waals surface area contributed by atoms with Gasteiger partial charge in [-0.2, -0.15) is 0 Å². The topological polar surface area (TPSA) is 0 Å². The minimum absolute atomic E-state index is 1.17. The number of hydrogen-bond acceptors (Lipinski definition) is 0. The molecule has 0 fully saturated rings. The molecule has 0 heteroatoms. The summed E-state index contributed by atoms with van der Waals surface area (Å²) in [5.74, 6) is 0. The first kappa shape index (κ1) is 21.3. The van der Waals surface area contributed by atoms with Gasteiger partial charge in [-0.1, -0.05) is 78.5 Å². The van der Waals surface area contributed by atoms with Crippen LogP contribution in [-0.4, -0.2) is 0 Å². The van der Waals surface area contributed by atoms with Gasteiger partial charge in [0.2, 0.25) is 0 Å². The molecular formula is C17H32. The number of allylic oxidation sites excluding steroid dienone is 7. The van der Waals surface area contributed by atoms with Crippen LogP contribution in [-0.2, 0) is 0 Å². The van der Waals surface area contributed by atoms with Crippen molar-refractivity contribution in [2.45, 2.75) is 61.3 Å². The smallest absolute Gasteiger partial charge is 0.0270 e. The van der Waals surface area contributed by atoms with Crippen molar-refractivity contribution >= 4 is 0 Å². The van der Waals surface area contributed by atoms with Gasteiger partial charge in [0.25, 0.3) is 0 Å². The number of rotatable bonds is 2. The molecule has 0 N–H and O–H groups in total. The summed E-state index contributed by atoms with van der Waals surface area (Å²) in [4.78, 5) is 0. The van der Waals surface area contributed by atoms with Crippen LogP contribution in [0.15, 0.2) is 48.1 Å². The minimum atomic E-state index is 1.17. The van der Waals surface area contributed by atoms with Gasteiger partial charge in [0.15, 0.2) is 0 Å². The molecule has 17 heavy (non-hydrogen) atoms. The summed E-state index contributed by atoms with van der Waals surface area (Å²) in [6, 6.07) is 0. The third-order valence-corrected chi connectivity index (χ3v) is 1.85. The summed E-state index contributed by atoms with van der Waals surface area (Å²) in [7, 11) is 0. The Morgan fingerprint density at radius 3 is 1.82 bits per heavy atom. The van der Waals surface area contributed by atoms with Crippen molar-refractivity contribution in [3.63, 3.8) is 0 Å². The van der Waals surface area contributed by atoms with Crippen molar-refractivity contribution in [1.82, 2.24) is 0 Å². The zero-order valence-corrected chi connectivity index (χ0v) is 13.0. The Bertz CT molecular complexity index is 226. The highest BCUT2D eigenvalue weighted by atomic mass is 14.0. The van der Waals surface area contributed by atoms with Crippen molar-refractivity contribution in [2.24, 2.45) is 0 Å². The van der Waals surface area contributed by atoms with Crippen LogP contribution < -0.4 is 0 Å². The van der Waals surface area contributed by atoms with Crippen LogP contribution in [0.5, 0.6) is 0 Å². The maximum atomic E-state index is 3.64. The fraction of sp³-hybridized carbons (Fsp3) is 0.529. The van der Waals surface area contributed by atoms with E-state index in [9.17, 15) is 0 Å². The minimum Gasteiger partial charge on any atom is -0.0991 e. The molecule has 0 atom stereocenters. The Kier molecular flexibility index (Phi) is 25.5. The molecule has 0 saturated carbocycles. The molecule has 1 aliphatic carbocycles. The van der Waals surface area contributed by atoms with E-state index in [1.54, 1.807) is 0 Å². The van der Waals surface area contributed by atoms with Gasteiger partial charge in [-0.3, -0.25) is 0 Å². The van der Waals surface area contributed by atoms with Gasteiger partial charge in [0.05, 0.1) is 0 Å². The molecule has 100 valence electrons. The maximum absolute atomic E-state index is 3.64. The average molecular weight is 236 g/mol. The molecule has 0 heterocycles. The van der Waals surface area contributed by atoms with E-state index in [1.165, 1.54) is 24.0 Å². The molecule has 0 bridgehead atoms. The normalized spacial score (nSPS) is 12.6. The molecule has 0 amide bonds. The molecule has 0 radical (unpaired) electrons. The molecule has 0 aromatic rings. The van der Waals surface area contributed by atoms with Crippen molar-refractivity contribution in [1.29, 1.82) is 0 Å². The molecule has 0 unspecified atom stereocenters. The predicted molar refractivity (Wildman–Crippen MR) is 84.5 cm³/mol. The molecule has 0 saturated heterocycles. The second-order valence-electron chi connectivity index (χ2n) is 2.72. The average Bonchev–Trinajstić information content (AvgIpc) is 2.45. The van der Waals surface area contributed by atoms with Gasteiger partial charge >= 0.3 is 0 Å². The fourth-order valence-corrected chi connectivity index (χ4v) is 1.19. The molecule has 0 aliphatic heterocycles. The lowest BCUT2D eigenvalue weighted by atomic mass is 9.99. The first-order chi connectivity index (χ1) is 8.34. The van der Waals surface area contributed by atoms with E-state index in [1.807, 2.05) is 53.7 Å². The van der Waals surface area contributed by atoms with E-state index in [2.05, 4.69) is 31.7 Å². The van der Waals surface area contributed by atoms with Gasteiger partial charge in [-0.25, -0.2) is 0 Å². The van der Waals surface area contributed by atoms with Crippen molar-refractivity contribution in [2.75, 3.05) is 0 Å². The summed E-state index contributed by atoms with van der Waals surface area (Å²) in [5.41, 5.74) is 2.73. The third kappa shape index (κ3) is 12.9. The first-order valence-electron chi connectivity index (χ1n) is 7.01.